The highest BCUT2D eigenvalue weighted by molar-refractivity contribution is 14.1. The first-order valence-corrected chi connectivity index (χ1v) is 9.41. The normalized spacial score (nSPS) is 15.3. The predicted molar refractivity (Wildman–Crippen MR) is 111 cm³/mol. The van der Waals surface area contributed by atoms with Crippen LogP contribution >= 0.6 is 34.2 Å². The largest absolute Gasteiger partial charge is 0.493 e. The third-order valence-corrected chi connectivity index (χ3v) is 5.14. The number of ether oxygens (including phenoxy) is 2. The molecule has 6 nitrogen and oxygen atoms in total. The molecule has 0 bridgehead atoms. The van der Waals surface area contributed by atoms with Crippen LogP contribution in [-0.2, 0) is 11.4 Å². The van der Waals surface area contributed by atoms with Gasteiger partial charge in [-0.2, -0.15) is 0 Å². The summed E-state index contributed by atoms with van der Waals surface area (Å²) < 4.78 is 12.2. The van der Waals surface area contributed by atoms with Crippen molar-refractivity contribution in [2.75, 3.05) is 14.2 Å². The van der Waals surface area contributed by atoms with Crippen LogP contribution in [0.2, 0.25) is 5.02 Å². The van der Waals surface area contributed by atoms with Gasteiger partial charge >= 0.3 is 6.03 Å². The minimum Gasteiger partial charge on any atom is -0.493 e. The first kappa shape index (κ1) is 19.5. The van der Waals surface area contributed by atoms with Crippen LogP contribution in [-0.4, -0.2) is 31.0 Å². The zero-order valence-electron chi connectivity index (χ0n) is 14.6. The van der Waals surface area contributed by atoms with E-state index in [-0.39, 0.29) is 11.6 Å². The van der Waals surface area contributed by atoms with Crippen LogP contribution in [0.3, 0.4) is 0 Å². The number of likely N-dealkylation sites (N-methyl/N-ethyl adjacent to an activating group) is 1. The molecular formula is C19H16ClIN2O4. The molecule has 1 fully saturated rings. The fraction of sp³-hybridized carbons (Fsp3) is 0.158. The molecule has 0 aliphatic carbocycles. The number of amides is 3. The molecule has 1 aliphatic heterocycles. The van der Waals surface area contributed by atoms with E-state index < -0.39 is 6.03 Å². The van der Waals surface area contributed by atoms with Gasteiger partial charge in [-0.05, 0) is 52.4 Å². The van der Waals surface area contributed by atoms with E-state index in [0.717, 1.165) is 14.0 Å². The molecule has 2 aromatic rings. The maximum Gasteiger partial charge on any atom is 0.328 e. The molecule has 2 aromatic carbocycles. The second kappa shape index (κ2) is 8.18. The Bertz CT molecular complexity index is 945. The van der Waals surface area contributed by atoms with Crippen molar-refractivity contribution in [3.05, 3.63) is 61.8 Å². The van der Waals surface area contributed by atoms with Gasteiger partial charge in [0, 0.05) is 17.6 Å². The van der Waals surface area contributed by atoms with Crippen LogP contribution in [0.5, 0.6) is 11.5 Å². The quantitative estimate of drug-likeness (QED) is 0.384. The first-order valence-electron chi connectivity index (χ1n) is 7.95. The Morgan fingerprint density at radius 2 is 2.00 bits per heavy atom. The number of methoxy groups -OCH3 is 1. The summed E-state index contributed by atoms with van der Waals surface area (Å²) in [7, 11) is 2.97. The van der Waals surface area contributed by atoms with Crippen molar-refractivity contribution >= 4 is 52.2 Å². The van der Waals surface area contributed by atoms with Gasteiger partial charge in [0.1, 0.15) is 12.3 Å². The molecule has 3 amide bonds. The second-order valence-corrected chi connectivity index (χ2v) is 7.34. The minimum absolute atomic E-state index is 0.213. The monoisotopic (exact) mass is 498 g/mol. The molecule has 1 N–H and O–H groups in total. The fourth-order valence-electron chi connectivity index (χ4n) is 2.52. The highest BCUT2D eigenvalue weighted by Crippen LogP contribution is 2.35. The molecule has 0 spiro atoms. The van der Waals surface area contributed by atoms with Gasteiger partial charge in [-0.25, -0.2) is 4.79 Å². The highest BCUT2D eigenvalue weighted by Gasteiger charge is 2.30. The zero-order chi connectivity index (χ0) is 19.6. The van der Waals surface area contributed by atoms with Crippen LogP contribution in [0.25, 0.3) is 6.08 Å². The molecule has 1 heterocycles. The molecule has 8 heteroatoms. The Kier molecular flexibility index (Phi) is 5.91. The molecule has 0 aromatic heterocycles. The molecule has 0 saturated carbocycles. The lowest BCUT2D eigenvalue weighted by atomic mass is 10.1. The van der Waals surface area contributed by atoms with Crippen molar-refractivity contribution in [2.45, 2.75) is 6.61 Å². The third-order valence-electron chi connectivity index (χ3n) is 3.97. The summed E-state index contributed by atoms with van der Waals surface area (Å²) in [5, 5.41) is 3.17. The molecule has 3 rings (SSSR count). The Morgan fingerprint density at radius 3 is 2.63 bits per heavy atom. The Hall–Kier alpha value is -2.26. The summed E-state index contributed by atoms with van der Waals surface area (Å²) in [4.78, 5) is 24.6. The van der Waals surface area contributed by atoms with Crippen LogP contribution < -0.4 is 14.8 Å². The van der Waals surface area contributed by atoms with Crippen LogP contribution in [0, 0.1) is 3.57 Å². The number of hydrogen-bond donors (Lipinski definition) is 1. The maximum atomic E-state index is 12.0. The standard InChI is InChI=1S/C19H16ClIN2O4/c1-23-18(24)15(22-19(23)25)8-11-7-14(21)17(16(9-11)26-2)27-10-12-5-3-4-6-13(12)20/h3-9H,10H2,1-2H3,(H,22,25)/b15-8+. The number of nitrogens with one attached hydrogen (secondary N) is 1. The van der Waals surface area contributed by atoms with Crippen LogP contribution in [0.15, 0.2) is 42.1 Å². The van der Waals surface area contributed by atoms with Gasteiger partial charge in [0.2, 0.25) is 0 Å². The van der Waals surface area contributed by atoms with Gasteiger partial charge < -0.3 is 14.8 Å². The molecule has 0 unspecified atom stereocenters. The molecular weight excluding hydrogens is 483 g/mol. The predicted octanol–water partition coefficient (Wildman–Crippen LogP) is 4.05. The summed E-state index contributed by atoms with van der Waals surface area (Å²) in [6.45, 7) is 0.297. The van der Waals surface area contributed by atoms with Gasteiger partial charge in [-0.15, -0.1) is 0 Å². The van der Waals surface area contributed by atoms with Crippen molar-refractivity contribution in [3.63, 3.8) is 0 Å². The lowest BCUT2D eigenvalue weighted by molar-refractivity contribution is -0.121. The summed E-state index contributed by atoms with van der Waals surface area (Å²) in [5.74, 6) is 0.720. The lowest BCUT2D eigenvalue weighted by Crippen LogP contribution is -2.25. The summed E-state index contributed by atoms with van der Waals surface area (Å²) in [6.07, 6.45) is 1.60. The van der Waals surface area contributed by atoms with Gasteiger partial charge in [-0.1, -0.05) is 29.8 Å². The van der Waals surface area contributed by atoms with E-state index in [9.17, 15) is 9.59 Å². The number of carbonyl (C=O) groups is 2. The maximum absolute atomic E-state index is 12.0. The molecule has 1 saturated heterocycles. The lowest BCUT2D eigenvalue weighted by Gasteiger charge is -2.14. The number of carbonyl (C=O) groups excluding carboxylic acids is 2. The number of halogens is 2. The van der Waals surface area contributed by atoms with E-state index in [4.69, 9.17) is 21.1 Å². The molecule has 1 aliphatic rings. The number of imide groups is 1. The fourth-order valence-corrected chi connectivity index (χ4v) is 3.49. The van der Waals surface area contributed by atoms with E-state index >= 15 is 0 Å². The molecule has 0 radical (unpaired) electrons. The average Bonchev–Trinajstić information content (AvgIpc) is 2.88. The van der Waals surface area contributed by atoms with E-state index in [0.29, 0.717) is 28.7 Å². The first-order chi connectivity index (χ1) is 12.9. The third kappa shape index (κ3) is 4.19. The van der Waals surface area contributed by atoms with Gasteiger partial charge in [0.15, 0.2) is 11.5 Å². The van der Waals surface area contributed by atoms with Crippen LogP contribution in [0.4, 0.5) is 4.79 Å². The number of benzene rings is 2. The van der Waals surface area contributed by atoms with E-state index in [1.165, 1.54) is 7.05 Å². The molecule has 140 valence electrons. The van der Waals surface area contributed by atoms with Crippen molar-refractivity contribution in [1.29, 1.82) is 0 Å². The van der Waals surface area contributed by atoms with Crippen molar-refractivity contribution in [3.8, 4) is 11.5 Å². The Balaban J connectivity index is 1.87. The van der Waals surface area contributed by atoms with Crippen molar-refractivity contribution < 1.29 is 19.1 Å². The second-order valence-electron chi connectivity index (χ2n) is 5.77. The highest BCUT2D eigenvalue weighted by atomic mass is 127. The van der Waals surface area contributed by atoms with Crippen LogP contribution in [0.1, 0.15) is 11.1 Å². The minimum atomic E-state index is -0.451. The van der Waals surface area contributed by atoms with Gasteiger partial charge in [0.25, 0.3) is 5.91 Å². The zero-order valence-corrected chi connectivity index (χ0v) is 17.5. The number of hydrogen-bond acceptors (Lipinski definition) is 4. The topological polar surface area (TPSA) is 67.9 Å². The molecule has 0 atom stereocenters. The van der Waals surface area contributed by atoms with Crippen molar-refractivity contribution in [1.82, 2.24) is 10.2 Å². The van der Waals surface area contributed by atoms with Gasteiger partial charge in [-0.3, -0.25) is 9.69 Å². The summed E-state index contributed by atoms with van der Waals surface area (Å²) in [6, 6.07) is 10.6. The average molecular weight is 499 g/mol. The number of nitrogens with zero attached hydrogens (tertiary/aromatic N) is 1. The molecule has 27 heavy (non-hydrogen) atoms. The van der Waals surface area contributed by atoms with E-state index in [1.807, 2.05) is 30.3 Å². The van der Waals surface area contributed by atoms with E-state index in [2.05, 4.69) is 27.9 Å². The number of urea groups is 1. The Labute approximate surface area is 175 Å². The summed E-state index contributed by atoms with van der Waals surface area (Å²) in [5.41, 5.74) is 1.79. The van der Waals surface area contributed by atoms with Gasteiger partial charge in [0.05, 0.1) is 10.7 Å². The smallest absolute Gasteiger partial charge is 0.328 e. The summed E-state index contributed by atoms with van der Waals surface area (Å²) >= 11 is 8.31. The van der Waals surface area contributed by atoms with Crippen molar-refractivity contribution in [2.24, 2.45) is 0 Å². The van der Waals surface area contributed by atoms with E-state index in [1.54, 1.807) is 19.3 Å². The number of rotatable bonds is 5. The Morgan fingerprint density at radius 1 is 1.26 bits per heavy atom. The SMILES string of the molecule is COc1cc(/C=C2/NC(=O)N(C)C2=O)cc(I)c1OCc1ccccc1Cl.